The van der Waals surface area contributed by atoms with E-state index in [9.17, 15) is 14.4 Å². The lowest BCUT2D eigenvalue weighted by atomic mass is 9.99. The zero-order valence-electron chi connectivity index (χ0n) is 10.6. The van der Waals surface area contributed by atoms with Crippen LogP contribution in [0, 0.1) is 5.92 Å². The lowest BCUT2D eigenvalue weighted by molar-refractivity contribution is -0.133. The van der Waals surface area contributed by atoms with Crippen molar-refractivity contribution >= 4 is 23.4 Å². The molecule has 5 heteroatoms. The summed E-state index contributed by atoms with van der Waals surface area (Å²) in [6.07, 6.45) is 3.20. The Labute approximate surface area is 115 Å². The van der Waals surface area contributed by atoms with Gasteiger partial charge in [-0.15, -0.1) is 0 Å². The van der Waals surface area contributed by atoms with Crippen molar-refractivity contribution < 1.29 is 23.9 Å². The number of Topliss-reactive ketones (excluding diaryl/α,β-unsaturated/α-hetero) is 2. The van der Waals surface area contributed by atoms with Crippen molar-refractivity contribution in [2.75, 3.05) is 6.79 Å². The van der Waals surface area contributed by atoms with Crippen molar-refractivity contribution in [3.63, 3.8) is 0 Å². The summed E-state index contributed by atoms with van der Waals surface area (Å²) in [6.45, 7) is 0.187. The van der Waals surface area contributed by atoms with E-state index in [0.717, 1.165) is 5.56 Å². The number of ketones is 3. The number of hydrogen-bond donors (Lipinski definition) is 0. The molecule has 5 nitrogen and oxygen atoms in total. The molecular formula is C15H12O5. The van der Waals surface area contributed by atoms with Gasteiger partial charge in [-0.2, -0.15) is 0 Å². The molecule has 0 atom stereocenters. The molecule has 2 aliphatic rings. The van der Waals surface area contributed by atoms with Crippen molar-refractivity contribution in [1.82, 2.24) is 0 Å². The molecule has 1 aromatic carbocycles. The highest BCUT2D eigenvalue weighted by molar-refractivity contribution is 6.26. The smallest absolute Gasteiger partial charge is 0.231 e. The fourth-order valence-electron chi connectivity index (χ4n) is 2.32. The van der Waals surface area contributed by atoms with Gasteiger partial charge in [0.15, 0.2) is 28.8 Å². The molecule has 102 valence electrons. The summed E-state index contributed by atoms with van der Waals surface area (Å²) in [7, 11) is 0. The van der Waals surface area contributed by atoms with Gasteiger partial charge in [-0.1, -0.05) is 12.1 Å². The third-order valence-electron chi connectivity index (χ3n) is 3.38. The second kappa shape index (κ2) is 4.92. The maximum atomic E-state index is 11.9. The quantitative estimate of drug-likeness (QED) is 0.616. The number of ether oxygens (including phenoxy) is 2. The van der Waals surface area contributed by atoms with Crippen molar-refractivity contribution in [3.05, 3.63) is 29.8 Å². The summed E-state index contributed by atoms with van der Waals surface area (Å²) >= 11 is 0. The third-order valence-corrected chi connectivity index (χ3v) is 3.38. The second-order valence-corrected chi connectivity index (χ2v) is 4.71. The van der Waals surface area contributed by atoms with Gasteiger partial charge in [-0.05, 0) is 23.8 Å². The summed E-state index contributed by atoms with van der Waals surface area (Å²) in [5, 5.41) is 0. The lowest BCUT2D eigenvalue weighted by Gasteiger charge is -2.01. The molecule has 1 aliphatic heterocycles. The highest BCUT2D eigenvalue weighted by Crippen LogP contribution is 2.32. The topological polar surface area (TPSA) is 69.7 Å². The molecule has 1 fully saturated rings. The molecule has 0 unspecified atom stereocenters. The first-order chi connectivity index (χ1) is 9.65. The standard InChI is InChI=1S/C15H12O5/c16-10(15-11(17)4-5-12(15)18)3-1-9-2-6-13-14(7-9)20-8-19-13/h1-3,6-7,15H,4-5,8H2/b3-1+. The SMILES string of the molecule is O=C(/C=C/c1ccc2c(c1)OCO2)C1C(=O)CCC1=O. The number of carbonyl (C=O) groups is 3. The fraction of sp³-hybridized carbons (Fsp3) is 0.267. The van der Waals surface area contributed by atoms with Gasteiger partial charge < -0.3 is 9.47 Å². The summed E-state index contributed by atoms with van der Waals surface area (Å²) in [6, 6.07) is 5.26. The minimum Gasteiger partial charge on any atom is -0.454 e. The van der Waals surface area contributed by atoms with Crippen LogP contribution in [0.2, 0.25) is 0 Å². The predicted octanol–water partition coefficient (Wildman–Crippen LogP) is 1.55. The van der Waals surface area contributed by atoms with E-state index < -0.39 is 11.7 Å². The van der Waals surface area contributed by atoms with Crippen LogP contribution in [0.25, 0.3) is 6.08 Å². The first-order valence-electron chi connectivity index (χ1n) is 6.32. The molecular weight excluding hydrogens is 260 g/mol. The highest BCUT2D eigenvalue weighted by atomic mass is 16.7. The molecule has 1 saturated carbocycles. The van der Waals surface area contributed by atoms with Crippen molar-refractivity contribution in [2.24, 2.45) is 5.92 Å². The first kappa shape index (κ1) is 12.6. The molecule has 0 saturated heterocycles. The van der Waals surface area contributed by atoms with Crippen LogP contribution in [0.15, 0.2) is 24.3 Å². The molecule has 1 aliphatic carbocycles. The van der Waals surface area contributed by atoms with Crippen LogP contribution < -0.4 is 9.47 Å². The van der Waals surface area contributed by atoms with E-state index in [1.807, 2.05) is 0 Å². The number of hydrogen-bond acceptors (Lipinski definition) is 5. The van der Waals surface area contributed by atoms with Crippen LogP contribution in [-0.4, -0.2) is 24.1 Å². The Balaban J connectivity index is 1.75. The van der Waals surface area contributed by atoms with Crippen LogP contribution >= 0.6 is 0 Å². The largest absolute Gasteiger partial charge is 0.454 e. The van der Waals surface area contributed by atoms with Gasteiger partial charge in [-0.3, -0.25) is 14.4 Å². The molecule has 0 aromatic heterocycles. The molecule has 0 bridgehead atoms. The Morgan fingerprint density at radius 2 is 1.80 bits per heavy atom. The van der Waals surface area contributed by atoms with Gasteiger partial charge in [0.25, 0.3) is 0 Å². The van der Waals surface area contributed by atoms with E-state index in [-0.39, 0.29) is 31.2 Å². The molecule has 0 spiro atoms. The van der Waals surface area contributed by atoms with Gasteiger partial charge in [0.05, 0.1) is 0 Å². The zero-order chi connectivity index (χ0) is 14.1. The number of benzene rings is 1. The lowest BCUT2D eigenvalue weighted by Crippen LogP contribution is -2.23. The third kappa shape index (κ3) is 2.22. The van der Waals surface area contributed by atoms with E-state index in [1.54, 1.807) is 24.3 Å². The summed E-state index contributed by atoms with van der Waals surface area (Å²) in [5.74, 6) is -0.830. The maximum Gasteiger partial charge on any atom is 0.231 e. The van der Waals surface area contributed by atoms with E-state index in [2.05, 4.69) is 0 Å². The molecule has 3 rings (SSSR count). The minimum absolute atomic E-state index is 0.174. The van der Waals surface area contributed by atoms with Crippen LogP contribution in [0.1, 0.15) is 18.4 Å². The number of rotatable bonds is 3. The predicted molar refractivity (Wildman–Crippen MR) is 69.3 cm³/mol. The summed E-state index contributed by atoms with van der Waals surface area (Å²) in [4.78, 5) is 34.8. The van der Waals surface area contributed by atoms with Gasteiger partial charge in [0, 0.05) is 12.8 Å². The van der Waals surface area contributed by atoms with Gasteiger partial charge in [0.1, 0.15) is 5.92 Å². The van der Waals surface area contributed by atoms with Crippen molar-refractivity contribution in [1.29, 1.82) is 0 Å². The monoisotopic (exact) mass is 272 g/mol. The second-order valence-electron chi connectivity index (χ2n) is 4.71. The fourth-order valence-corrected chi connectivity index (χ4v) is 2.32. The van der Waals surface area contributed by atoms with Gasteiger partial charge >= 0.3 is 0 Å². The van der Waals surface area contributed by atoms with E-state index in [4.69, 9.17) is 9.47 Å². The molecule has 0 radical (unpaired) electrons. The molecule has 20 heavy (non-hydrogen) atoms. The molecule has 0 N–H and O–H groups in total. The van der Waals surface area contributed by atoms with Crippen LogP contribution in [0.5, 0.6) is 11.5 Å². The number of fused-ring (bicyclic) bond motifs is 1. The van der Waals surface area contributed by atoms with E-state index >= 15 is 0 Å². The minimum atomic E-state index is -1.10. The summed E-state index contributed by atoms with van der Waals surface area (Å²) in [5.41, 5.74) is 0.750. The van der Waals surface area contributed by atoms with Crippen LogP contribution in [0.4, 0.5) is 0 Å². The van der Waals surface area contributed by atoms with Crippen LogP contribution in [-0.2, 0) is 14.4 Å². The average molecular weight is 272 g/mol. The molecule has 1 heterocycles. The Hall–Kier alpha value is -2.43. The average Bonchev–Trinajstić information content (AvgIpc) is 3.02. The van der Waals surface area contributed by atoms with Crippen molar-refractivity contribution in [2.45, 2.75) is 12.8 Å². The normalized spacial score (nSPS) is 18.2. The van der Waals surface area contributed by atoms with E-state index in [1.165, 1.54) is 6.08 Å². The Kier molecular flexibility index (Phi) is 3.10. The first-order valence-corrected chi connectivity index (χ1v) is 6.32. The van der Waals surface area contributed by atoms with E-state index in [0.29, 0.717) is 11.5 Å². The zero-order valence-corrected chi connectivity index (χ0v) is 10.6. The van der Waals surface area contributed by atoms with Gasteiger partial charge in [-0.25, -0.2) is 0 Å². The Morgan fingerprint density at radius 1 is 1.10 bits per heavy atom. The highest BCUT2D eigenvalue weighted by Gasteiger charge is 2.37. The molecule has 0 amide bonds. The summed E-state index contributed by atoms with van der Waals surface area (Å²) < 4.78 is 10.4. The molecule has 1 aromatic rings. The number of allylic oxidation sites excluding steroid dienone is 1. The van der Waals surface area contributed by atoms with Gasteiger partial charge in [0.2, 0.25) is 6.79 Å². The number of carbonyl (C=O) groups excluding carboxylic acids is 3. The Bertz CT molecular complexity index is 613. The van der Waals surface area contributed by atoms with Crippen LogP contribution in [0.3, 0.4) is 0 Å². The van der Waals surface area contributed by atoms with Crippen molar-refractivity contribution in [3.8, 4) is 11.5 Å². The maximum absolute atomic E-state index is 11.9. The Morgan fingerprint density at radius 3 is 2.55 bits per heavy atom.